The van der Waals surface area contributed by atoms with Crippen molar-refractivity contribution in [2.45, 2.75) is 6.42 Å². The van der Waals surface area contributed by atoms with Gasteiger partial charge in [0.1, 0.15) is 0 Å². The fourth-order valence-electron chi connectivity index (χ4n) is 1.32. The molecular weight excluding hydrogens is 194 g/mol. The van der Waals surface area contributed by atoms with Crippen molar-refractivity contribution in [2.75, 3.05) is 33.9 Å². The maximum atomic E-state index is 11.6. The Hall–Kier alpha value is -1.13. The maximum absolute atomic E-state index is 11.6. The first kappa shape index (κ1) is 11.9. The Morgan fingerprint density at radius 3 is 3.00 bits per heavy atom. The number of methoxy groups -OCH3 is 1. The van der Waals surface area contributed by atoms with Crippen LogP contribution >= 0.6 is 0 Å². The number of hydrogen-bond donors (Lipinski definition) is 0. The van der Waals surface area contributed by atoms with E-state index < -0.39 is 0 Å². The second-order valence-electron chi connectivity index (χ2n) is 3.48. The highest BCUT2D eigenvalue weighted by Crippen LogP contribution is 2.02. The first-order valence-corrected chi connectivity index (χ1v) is 4.98. The molecule has 84 valence electrons. The van der Waals surface area contributed by atoms with Crippen molar-refractivity contribution in [3.63, 3.8) is 0 Å². The highest BCUT2D eigenvalue weighted by molar-refractivity contribution is 5.94. The van der Waals surface area contributed by atoms with Crippen LogP contribution in [0.2, 0.25) is 0 Å². The average molecular weight is 211 g/mol. The van der Waals surface area contributed by atoms with Gasteiger partial charge in [-0.1, -0.05) is 0 Å². The molecular formula is C11H17NO3. The van der Waals surface area contributed by atoms with Crippen molar-refractivity contribution in [1.82, 2.24) is 4.90 Å². The van der Waals surface area contributed by atoms with Crippen LogP contribution in [0.1, 0.15) is 17.0 Å². The molecule has 0 radical (unpaired) electrons. The van der Waals surface area contributed by atoms with Gasteiger partial charge in [-0.15, -0.1) is 0 Å². The van der Waals surface area contributed by atoms with E-state index in [2.05, 4.69) is 0 Å². The Morgan fingerprint density at radius 2 is 2.40 bits per heavy atom. The number of likely N-dealkylation sites (N-methyl/N-ethyl adjacent to an activating group) is 1. The molecule has 0 atom stereocenters. The van der Waals surface area contributed by atoms with Gasteiger partial charge < -0.3 is 9.15 Å². The van der Waals surface area contributed by atoms with Crippen molar-refractivity contribution in [1.29, 1.82) is 0 Å². The maximum Gasteiger partial charge on any atom is 0.211 e. The fourth-order valence-corrected chi connectivity index (χ4v) is 1.32. The van der Waals surface area contributed by atoms with Crippen molar-refractivity contribution in [3.05, 3.63) is 24.2 Å². The molecule has 4 heteroatoms. The molecule has 0 aromatic carbocycles. The first-order chi connectivity index (χ1) is 7.24. The first-order valence-electron chi connectivity index (χ1n) is 4.98. The molecule has 0 aliphatic heterocycles. The van der Waals surface area contributed by atoms with Crippen LogP contribution in [0.4, 0.5) is 0 Å². The summed E-state index contributed by atoms with van der Waals surface area (Å²) >= 11 is 0. The topological polar surface area (TPSA) is 42.7 Å². The lowest BCUT2D eigenvalue weighted by Gasteiger charge is -2.14. The summed E-state index contributed by atoms with van der Waals surface area (Å²) in [7, 11) is 3.59. The van der Waals surface area contributed by atoms with E-state index in [0.717, 1.165) is 19.6 Å². The standard InChI is InChI=1S/C11H17NO3/c1-12(6-4-7-14-2)9-10(13)11-5-3-8-15-11/h3,5,8H,4,6-7,9H2,1-2H3. The Bertz CT molecular complexity index is 282. The van der Waals surface area contributed by atoms with Gasteiger partial charge in [0.25, 0.3) is 0 Å². The predicted molar refractivity (Wildman–Crippen MR) is 57.0 cm³/mol. The molecule has 0 aliphatic rings. The fraction of sp³-hybridized carbons (Fsp3) is 0.545. The van der Waals surface area contributed by atoms with Gasteiger partial charge in [-0.2, -0.15) is 0 Å². The molecule has 0 saturated heterocycles. The van der Waals surface area contributed by atoms with Gasteiger partial charge in [0.05, 0.1) is 12.8 Å². The molecule has 1 aromatic rings. The molecule has 15 heavy (non-hydrogen) atoms. The summed E-state index contributed by atoms with van der Waals surface area (Å²) in [6, 6.07) is 3.41. The van der Waals surface area contributed by atoms with E-state index in [1.165, 1.54) is 6.26 Å². The normalized spacial score (nSPS) is 10.9. The van der Waals surface area contributed by atoms with Gasteiger partial charge in [0.2, 0.25) is 5.78 Å². The largest absolute Gasteiger partial charge is 0.461 e. The number of carbonyl (C=O) groups excluding carboxylic acids is 1. The summed E-state index contributed by atoms with van der Waals surface area (Å²) in [5.74, 6) is 0.438. The van der Waals surface area contributed by atoms with Gasteiger partial charge in [-0.3, -0.25) is 9.69 Å². The van der Waals surface area contributed by atoms with Gasteiger partial charge in [-0.25, -0.2) is 0 Å². The third-order valence-corrected chi connectivity index (χ3v) is 2.10. The summed E-state index contributed by atoms with van der Waals surface area (Å²) in [5, 5.41) is 0. The summed E-state index contributed by atoms with van der Waals surface area (Å²) in [5.41, 5.74) is 0. The Balaban J connectivity index is 2.26. The molecule has 0 N–H and O–H groups in total. The summed E-state index contributed by atoms with van der Waals surface area (Å²) in [6.45, 7) is 1.96. The van der Waals surface area contributed by atoms with E-state index >= 15 is 0 Å². The van der Waals surface area contributed by atoms with E-state index in [1.54, 1.807) is 19.2 Å². The third kappa shape index (κ3) is 4.27. The zero-order chi connectivity index (χ0) is 11.1. The predicted octanol–water partition coefficient (Wildman–Crippen LogP) is 1.43. The molecule has 0 fully saturated rings. The monoisotopic (exact) mass is 211 g/mol. The Labute approximate surface area is 89.8 Å². The minimum Gasteiger partial charge on any atom is -0.461 e. The van der Waals surface area contributed by atoms with Gasteiger partial charge in [0, 0.05) is 20.3 Å². The van der Waals surface area contributed by atoms with Crippen molar-refractivity contribution in [2.24, 2.45) is 0 Å². The second kappa shape index (κ2) is 6.37. The summed E-state index contributed by atoms with van der Waals surface area (Å²) < 4.78 is 9.96. The number of rotatable bonds is 7. The van der Waals surface area contributed by atoms with Crippen LogP contribution < -0.4 is 0 Å². The molecule has 0 unspecified atom stereocenters. The van der Waals surface area contributed by atoms with Crippen LogP contribution in [0.25, 0.3) is 0 Å². The molecule has 0 amide bonds. The van der Waals surface area contributed by atoms with E-state index in [9.17, 15) is 4.79 Å². The number of ketones is 1. The van der Waals surface area contributed by atoms with Crippen LogP contribution in [-0.4, -0.2) is 44.5 Å². The van der Waals surface area contributed by atoms with Crippen molar-refractivity contribution >= 4 is 5.78 Å². The Kier molecular flexibility index (Phi) is 5.07. The highest BCUT2D eigenvalue weighted by atomic mass is 16.5. The number of Topliss-reactive ketones (excluding diaryl/α,β-unsaturated/α-hetero) is 1. The number of furan rings is 1. The molecule has 0 spiro atoms. The zero-order valence-electron chi connectivity index (χ0n) is 9.23. The molecule has 0 aliphatic carbocycles. The lowest BCUT2D eigenvalue weighted by molar-refractivity contribution is 0.0911. The average Bonchev–Trinajstić information content (AvgIpc) is 2.70. The van der Waals surface area contributed by atoms with Crippen LogP contribution in [-0.2, 0) is 4.74 Å². The van der Waals surface area contributed by atoms with E-state index in [4.69, 9.17) is 9.15 Å². The minimum atomic E-state index is 0.0138. The quantitative estimate of drug-likeness (QED) is 0.505. The number of nitrogens with zero attached hydrogens (tertiary/aromatic N) is 1. The van der Waals surface area contributed by atoms with Crippen LogP contribution in [0.3, 0.4) is 0 Å². The van der Waals surface area contributed by atoms with Gasteiger partial charge in [0.15, 0.2) is 5.76 Å². The van der Waals surface area contributed by atoms with E-state index in [1.807, 2.05) is 11.9 Å². The van der Waals surface area contributed by atoms with Crippen LogP contribution in [0.15, 0.2) is 22.8 Å². The third-order valence-electron chi connectivity index (χ3n) is 2.10. The molecule has 4 nitrogen and oxygen atoms in total. The lowest BCUT2D eigenvalue weighted by atomic mass is 10.3. The van der Waals surface area contributed by atoms with Crippen molar-refractivity contribution in [3.8, 4) is 0 Å². The summed E-state index contributed by atoms with van der Waals surface area (Å²) in [4.78, 5) is 13.5. The summed E-state index contributed by atoms with van der Waals surface area (Å²) in [6.07, 6.45) is 2.44. The number of ether oxygens (including phenoxy) is 1. The van der Waals surface area contributed by atoms with E-state index in [0.29, 0.717) is 12.3 Å². The Morgan fingerprint density at radius 1 is 1.60 bits per heavy atom. The van der Waals surface area contributed by atoms with Crippen LogP contribution in [0, 0.1) is 0 Å². The number of carbonyl (C=O) groups is 1. The SMILES string of the molecule is COCCCN(C)CC(=O)c1ccco1. The van der Waals surface area contributed by atoms with Crippen LogP contribution in [0.5, 0.6) is 0 Å². The number of hydrogen-bond acceptors (Lipinski definition) is 4. The smallest absolute Gasteiger partial charge is 0.211 e. The highest BCUT2D eigenvalue weighted by Gasteiger charge is 2.10. The molecule has 0 saturated carbocycles. The lowest BCUT2D eigenvalue weighted by Crippen LogP contribution is -2.27. The van der Waals surface area contributed by atoms with Gasteiger partial charge in [-0.05, 0) is 25.6 Å². The zero-order valence-corrected chi connectivity index (χ0v) is 9.23. The minimum absolute atomic E-state index is 0.0138. The molecule has 1 rings (SSSR count). The van der Waals surface area contributed by atoms with Crippen molar-refractivity contribution < 1.29 is 13.9 Å². The molecule has 1 aromatic heterocycles. The molecule has 0 bridgehead atoms. The second-order valence-corrected chi connectivity index (χ2v) is 3.48. The molecule has 1 heterocycles. The van der Waals surface area contributed by atoms with Gasteiger partial charge >= 0.3 is 0 Å². The van der Waals surface area contributed by atoms with E-state index in [-0.39, 0.29) is 5.78 Å².